The quantitative estimate of drug-likeness (QED) is 0.0681. The molecule has 4 saturated heterocycles. The van der Waals surface area contributed by atoms with E-state index in [1.165, 1.54) is 0 Å². The number of carbonyl (C=O) groups is 4. The standard InChI is InChI=1S/C31H41N7O4S.C27H35N7O3.C4H7ClOS/c1-31(2,3)42-30(41)37-20-22(21-37)10-12-38-27(40)9-8-23-19-32-29(34-28(23)38)33-24-6-5-7-25(18-24)35-13-15-36(16-14-35)26(39)11-17-43-4;1-27(2,3)37-26(36)33-17-19(18-33)9-12-34-23(35)8-7-20-16-29-25(31-24(20)34)30-21-5-4-6-22(15-21)32-13-10-28-11-14-32;1-7-3-2-4(5)6/h5-9,18-19,22H,10-17,20-21H2,1-4H3,(H,32,33,34);4-8,15-16,19,28H,9-14,17-18H2,1-3H3,(H,29,30,31);2-3H2,1H3. The van der Waals surface area contributed by atoms with Crippen LogP contribution >= 0.6 is 35.1 Å². The lowest BCUT2D eigenvalue weighted by Crippen LogP contribution is -2.51. The average molecular weight is 1250 g/mol. The molecule has 0 spiro atoms. The summed E-state index contributed by atoms with van der Waals surface area (Å²) >= 11 is 8.33. The third kappa shape index (κ3) is 19.4. The first kappa shape index (κ1) is 65.8. The lowest BCUT2D eigenvalue weighted by atomic mass is 9.97. The zero-order valence-electron chi connectivity index (χ0n) is 51.3. The van der Waals surface area contributed by atoms with Gasteiger partial charge in [0.1, 0.15) is 22.5 Å². The molecule has 0 aliphatic carbocycles. The number of nitrogens with zero attached hydrogens (tertiary/aromatic N) is 11. The summed E-state index contributed by atoms with van der Waals surface area (Å²) in [5, 5.41) is 11.3. The molecule has 0 atom stereocenters. The number of benzene rings is 2. The monoisotopic (exact) mass is 1250 g/mol. The van der Waals surface area contributed by atoms with Gasteiger partial charge in [0.15, 0.2) is 0 Å². The molecule has 4 aromatic heterocycles. The number of nitrogens with one attached hydrogen (secondary N) is 3. The maximum absolute atomic E-state index is 12.9. The van der Waals surface area contributed by atoms with Gasteiger partial charge in [0.05, 0.1) is 0 Å². The number of aromatic nitrogens is 6. The maximum Gasteiger partial charge on any atom is 0.410 e. The minimum atomic E-state index is -0.519. The van der Waals surface area contributed by atoms with Crippen molar-refractivity contribution in [1.82, 2.24) is 49.1 Å². The van der Waals surface area contributed by atoms with Gasteiger partial charge < -0.3 is 49.9 Å². The zero-order valence-corrected chi connectivity index (χ0v) is 53.6. The van der Waals surface area contributed by atoms with Crippen LogP contribution < -0.4 is 36.9 Å². The molecule has 25 heteroatoms. The van der Waals surface area contributed by atoms with Crippen LogP contribution in [0.25, 0.3) is 22.1 Å². The fourth-order valence-corrected chi connectivity index (χ4v) is 11.2. The first-order valence-electron chi connectivity index (χ1n) is 29.7. The van der Waals surface area contributed by atoms with Crippen LogP contribution in [0.5, 0.6) is 0 Å². The Morgan fingerprint density at radius 1 is 0.598 bits per heavy atom. The molecule has 0 unspecified atom stereocenters. The van der Waals surface area contributed by atoms with Crippen molar-refractivity contribution in [2.24, 2.45) is 11.8 Å². The highest BCUT2D eigenvalue weighted by molar-refractivity contribution is 7.98. The fourth-order valence-electron chi connectivity index (χ4n) is 10.3. The second kappa shape index (κ2) is 30.7. The van der Waals surface area contributed by atoms with Gasteiger partial charge in [0.25, 0.3) is 11.1 Å². The second-order valence-corrected chi connectivity index (χ2v) is 26.4. The summed E-state index contributed by atoms with van der Waals surface area (Å²) in [7, 11) is 0. The number of anilines is 6. The molecule has 4 fully saturated rings. The van der Waals surface area contributed by atoms with Gasteiger partial charge in [-0.15, -0.1) is 0 Å². The normalized spacial score (nSPS) is 15.6. The van der Waals surface area contributed by atoms with Crippen LogP contribution in [0.3, 0.4) is 0 Å². The smallest absolute Gasteiger partial charge is 0.410 e. The molecule has 6 aromatic rings. The van der Waals surface area contributed by atoms with Gasteiger partial charge in [-0.3, -0.25) is 28.3 Å². The third-order valence-electron chi connectivity index (χ3n) is 14.9. The zero-order chi connectivity index (χ0) is 62.3. The number of likely N-dealkylation sites (tertiary alicyclic amines) is 2. The first-order chi connectivity index (χ1) is 41.6. The summed E-state index contributed by atoms with van der Waals surface area (Å²) in [6.07, 6.45) is 9.47. The van der Waals surface area contributed by atoms with Crippen molar-refractivity contribution in [3.05, 3.63) is 106 Å². The van der Waals surface area contributed by atoms with Crippen LogP contribution in [0.2, 0.25) is 0 Å². The Labute approximate surface area is 522 Å². The Bertz CT molecular complexity index is 3440. The predicted octanol–water partition coefficient (Wildman–Crippen LogP) is 8.90. The number of halogens is 1. The van der Waals surface area contributed by atoms with Crippen molar-refractivity contribution in [2.75, 3.05) is 123 Å². The van der Waals surface area contributed by atoms with Crippen molar-refractivity contribution in [3.63, 3.8) is 0 Å². The number of fused-ring (bicyclic) bond motifs is 2. The lowest BCUT2D eigenvalue weighted by molar-refractivity contribution is -0.131. The van der Waals surface area contributed by atoms with Crippen molar-refractivity contribution in [3.8, 4) is 0 Å². The highest BCUT2D eigenvalue weighted by Gasteiger charge is 2.35. The maximum atomic E-state index is 12.9. The molecule has 87 heavy (non-hydrogen) atoms. The molecule has 0 bridgehead atoms. The predicted molar refractivity (Wildman–Crippen MR) is 350 cm³/mol. The molecule has 4 aliphatic heterocycles. The number of aryl methyl sites for hydroxylation is 2. The van der Waals surface area contributed by atoms with E-state index in [1.807, 2.05) is 83.2 Å². The van der Waals surface area contributed by atoms with Gasteiger partial charge >= 0.3 is 12.2 Å². The number of piperazine rings is 2. The van der Waals surface area contributed by atoms with Crippen molar-refractivity contribution >= 4 is 115 Å². The van der Waals surface area contributed by atoms with E-state index in [4.69, 9.17) is 31.0 Å². The molecular weight excluding hydrogens is 1170 g/mol. The van der Waals surface area contributed by atoms with Gasteiger partial charge in [0, 0.05) is 174 Å². The van der Waals surface area contributed by atoms with Crippen molar-refractivity contribution in [2.45, 2.75) is 91.5 Å². The summed E-state index contributed by atoms with van der Waals surface area (Å²) in [6, 6.07) is 22.9. The number of hydrogen-bond acceptors (Lipinski definition) is 19. The summed E-state index contributed by atoms with van der Waals surface area (Å²) in [6.45, 7) is 21.6. The summed E-state index contributed by atoms with van der Waals surface area (Å²) < 4.78 is 14.3. The molecule has 0 saturated carbocycles. The van der Waals surface area contributed by atoms with Crippen molar-refractivity contribution in [1.29, 1.82) is 0 Å². The number of pyridine rings is 2. The Hall–Kier alpha value is -7.15. The van der Waals surface area contributed by atoms with Crippen LogP contribution in [-0.4, -0.2) is 181 Å². The number of amides is 3. The minimum absolute atomic E-state index is 0.0961. The highest BCUT2D eigenvalue weighted by Crippen LogP contribution is 2.28. The molecule has 22 nitrogen and oxygen atoms in total. The van der Waals surface area contributed by atoms with E-state index in [0.717, 1.165) is 110 Å². The van der Waals surface area contributed by atoms with Crippen molar-refractivity contribution < 1.29 is 28.7 Å². The van der Waals surface area contributed by atoms with Gasteiger partial charge in [-0.2, -0.15) is 33.5 Å². The van der Waals surface area contributed by atoms with E-state index < -0.39 is 11.2 Å². The third-order valence-corrected chi connectivity index (χ3v) is 16.3. The lowest BCUT2D eigenvalue weighted by Gasteiger charge is -2.39. The summed E-state index contributed by atoms with van der Waals surface area (Å²) in [5.74, 6) is 3.40. The van der Waals surface area contributed by atoms with Gasteiger partial charge in [-0.1, -0.05) is 12.1 Å². The molecular formula is C62H83ClN14O8S2. The molecule has 468 valence electrons. The SMILES string of the molecule is CC(C)(C)OC(=O)N1CC(CCn2c(=O)ccc3cnc(Nc4cccc(N5CCNCC5)c4)nc32)C1.CSCCC(=O)Cl.CSCCC(=O)N1CCN(c2cccc(Nc3ncc4ccc(=O)n(CCC5CN(C(=O)OC(C)(C)C)C5)c4n3)c2)CC1. The number of thioether (sulfide) groups is 2. The number of ether oxygens (including phenoxy) is 2. The second-order valence-electron chi connectivity index (χ2n) is 24.0. The summed E-state index contributed by atoms with van der Waals surface area (Å²) in [5.41, 5.74) is 3.91. The Morgan fingerprint density at radius 3 is 1.45 bits per heavy atom. The topological polar surface area (TPSA) is 235 Å². The molecule has 3 amide bonds. The van der Waals surface area contributed by atoms with E-state index in [-0.39, 0.29) is 34.5 Å². The Kier molecular flexibility index (Phi) is 23.2. The van der Waals surface area contributed by atoms with Crippen LogP contribution in [0.1, 0.15) is 67.2 Å². The molecule has 2 aromatic carbocycles. The Morgan fingerprint density at radius 2 is 1.03 bits per heavy atom. The van der Waals surface area contributed by atoms with Crippen LogP contribution in [-0.2, 0) is 32.2 Å². The Balaban J connectivity index is 0.000000205. The van der Waals surface area contributed by atoms with Gasteiger partial charge in [0.2, 0.25) is 23.0 Å². The van der Waals surface area contributed by atoms with Crippen LogP contribution in [0, 0.1) is 11.8 Å². The fraction of sp³-hybridized carbons (Fsp3) is 0.516. The first-order valence-corrected chi connectivity index (χ1v) is 32.9. The van der Waals surface area contributed by atoms with Crippen LogP contribution in [0.15, 0.2) is 94.8 Å². The molecule has 3 N–H and O–H groups in total. The van der Waals surface area contributed by atoms with E-state index in [2.05, 4.69) is 60.0 Å². The highest BCUT2D eigenvalue weighted by atomic mass is 35.5. The van der Waals surface area contributed by atoms with E-state index in [0.29, 0.717) is 87.1 Å². The summed E-state index contributed by atoms with van der Waals surface area (Å²) in [4.78, 5) is 101. The largest absolute Gasteiger partial charge is 0.444 e. The van der Waals surface area contributed by atoms with Gasteiger partial charge in [-0.25, -0.2) is 19.6 Å². The molecule has 0 radical (unpaired) electrons. The average Bonchev–Trinajstić information content (AvgIpc) is 1.35. The van der Waals surface area contributed by atoms with E-state index in [1.54, 1.807) is 79.1 Å². The number of rotatable bonds is 18. The minimum Gasteiger partial charge on any atom is -0.444 e. The van der Waals surface area contributed by atoms with E-state index in [9.17, 15) is 28.8 Å². The number of hydrogen-bond donors (Lipinski definition) is 3. The van der Waals surface area contributed by atoms with Crippen LogP contribution in [0.4, 0.5) is 44.2 Å². The molecule has 10 rings (SSSR count). The number of carbonyl (C=O) groups excluding carboxylic acids is 4. The molecule has 8 heterocycles. The van der Waals surface area contributed by atoms with E-state index >= 15 is 0 Å². The van der Waals surface area contributed by atoms with Gasteiger partial charge in [-0.05, 0) is 139 Å². The molecule has 4 aliphatic rings.